The quantitative estimate of drug-likeness (QED) is 0.381. The van der Waals surface area contributed by atoms with E-state index in [1.54, 1.807) is 0 Å². The van der Waals surface area contributed by atoms with E-state index in [1.165, 1.54) is 0 Å². The Bertz CT molecular complexity index is 721. The summed E-state index contributed by atoms with van der Waals surface area (Å²) in [4.78, 5) is 66.6. The van der Waals surface area contributed by atoms with E-state index in [1.807, 2.05) is 0 Å². The van der Waals surface area contributed by atoms with Crippen molar-refractivity contribution in [2.75, 3.05) is 0 Å². The Morgan fingerprint density at radius 2 is 0.920 bits per heavy atom. The topological polar surface area (TPSA) is 161 Å². The van der Waals surface area contributed by atoms with E-state index in [2.05, 4.69) is 9.47 Å². The second-order valence-electron chi connectivity index (χ2n) is 4.54. The van der Waals surface area contributed by atoms with Crippen LogP contribution in [0.25, 0.3) is 0 Å². The SMILES string of the molecule is C/C(=C/C(=O)OC(=O)/C(C)=C/C(=O)O)C(=O)OC(=O)/C(C)=C/C(=O)O. The molecule has 0 aromatic rings. The number of carbonyl (C=O) groups excluding carboxylic acids is 4. The van der Waals surface area contributed by atoms with Crippen molar-refractivity contribution >= 4 is 35.8 Å². The summed E-state index contributed by atoms with van der Waals surface area (Å²) < 4.78 is 8.59. The number of aliphatic carboxylic acids is 2. The lowest BCUT2D eigenvalue weighted by Crippen LogP contribution is -2.17. The lowest BCUT2D eigenvalue weighted by atomic mass is 10.2. The van der Waals surface area contributed by atoms with Gasteiger partial charge in [0.05, 0.1) is 0 Å². The fourth-order valence-electron chi connectivity index (χ4n) is 1.17. The second-order valence-corrected chi connectivity index (χ2v) is 4.54. The summed E-state index contributed by atoms with van der Waals surface area (Å²) in [5.74, 6) is -7.85. The van der Waals surface area contributed by atoms with Crippen LogP contribution >= 0.6 is 0 Å². The van der Waals surface area contributed by atoms with Gasteiger partial charge in [0.1, 0.15) is 0 Å². The molecule has 0 bridgehead atoms. The molecule has 10 nitrogen and oxygen atoms in total. The maximum Gasteiger partial charge on any atom is 0.341 e. The molecular weight excluding hydrogens is 340 g/mol. The molecule has 10 heteroatoms. The fraction of sp³-hybridized carbons (Fsp3) is 0.200. The van der Waals surface area contributed by atoms with Crippen molar-refractivity contribution in [1.29, 1.82) is 0 Å². The van der Waals surface area contributed by atoms with Crippen LogP contribution in [0, 0.1) is 0 Å². The van der Waals surface area contributed by atoms with E-state index < -0.39 is 41.4 Å². The first-order valence-electron chi connectivity index (χ1n) is 6.47. The lowest BCUT2D eigenvalue weighted by Gasteiger charge is -2.03. The molecule has 0 aliphatic heterocycles. The molecule has 0 aromatic heterocycles. The molecule has 0 aliphatic carbocycles. The van der Waals surface area contributed by atoms with Gasteiger partial charge in [-0.05, 0) is 20.8 Å². The molecule has 0 rings (SSSR count). The Balaban J connectivity index is 4.90. The maximum atomic E-state index is 11.6. The molecule has 25 heavy (non-hydrogen) atoms. The third kappa shape index (κ3) is 8.59. The monoisotopic (exact) mass is 354 g/mol. The number of esters is 4. The molecule has 134 valence electrons. The van der Waals surface area contributed by atoms with Crippen molar-refractivity contribution in [3.8, 4) is 0 Å². The number of hydrogen-bond donors (Lipinski definition) is 2. The molecule has 0 saturated heterocycles. The maximum absolute atomic E-state index is 11.6. The van der Waals surface area contributed by atoms with Crippen molar-refractivity contribution in [3.63, 3.8) is 0 Å². The zero-order valence-corrected chi connectivity index (χ0v) is 13.4. The minimum Gasteiger partial charge on any atom is -0.478 e. The predicted molar refractivity (Wildman–Crippen MR) is 78.7 cm³/mol. The van der Waals surface area contributed by atoms with E-state index in [4.69, 9.17) is 10.2 Å². The summed E-state index contributed by atoms with van der Waals surface area (Å²) in [6.07, 6.45) is 1.60. The van der Waals surface area contributed by atoms with Gasteiger partial charge in [0, 0.05) is 34.9 Å². The molecule has 0 radical (unpaired) electrons. The molecule has 0 amide bonds. The van der Waals surface area contributed by atoms with Gasteiger partial charge in [0.25, 0.3) is 0 Å². The Morgan fingerprint density at radius 1 is 0.600 bits per heavy atom. The van der Waals surface area contributed by atoms with Gasteiger partial charge in [0.2, 0.25) is 0 Å². The molecular formula is C15H14O10. The Labute approximate surface area is 141 Å². The summed E-state index contributed by atoms with van der Waals surface area (Å²) in [5.41, 5.74) is -1.13. The van der Waals surface area contributed by atoms with Gasteiger partial charge < -0.3 is 19.7 Å². The van der Waals surface area contributed by atoms with Crippen LogP contribution in [0.1, 0.15) is 20.8 Å². The van der Waals surface area contributed by atoms with E-state index in [0.717, 1.165) is 20.8 Å². The first-order chi connectivity index (χ1) is 11.4. The molecule has 0 heterocycles. The van der Waals surface area contributed by atoms with E-state index in [0.29, 0.717) is 18.2 Å². The van der Waals surface area contributed by atoms with Crippen LogP contribution in [-0.2, 0) is 38.2 Å². The highest BCUT2D eigenvalue weighted by atomic mass is 16.6. The summed E-state index contributed by atoms with van der Waals surface area (Å²) in [7, 11) is 0. The number of carboxylic acid groups (broad SMARTS) is 2. The van der Waals surface area contributed by atoms with Gasteiger partial charge in [-0.1, -0.05) is 0 Å². The summed E-state index contributed by atoms with van der Waals surface area (Å²) >= 11 is 0. The normalized spacial score (nSPS) is 12.2. The lowest BCUT2D eigenvalue weighted by molar-refractivity contribution is -0.156. The average molecular weight is 354 g/mol. The van der Waals surface area contributed by atoms with Crippen molar-refractivity contribution < 1.29 is 48.5 Å². The number of rotatable bonds is 6. The van der Waals surface area contributed by atoms with Crippen LogP contribution in [0.15, 0.2) is 34.9 Å². The Hall–Kier alpha value is -3.56. The van der Waals surface area contributed by atoms with Crippen molar-refractivity contribution in [3.05, 3.63) is 34.9 Å². The van der Waals surface area contributed by atoms with Crippen LogP contribution in [0.5, 0.6) is 0 Å². The Morgan fingerprint density at radius 3 is 1.28 bits per heavy atom. The van der Waals surface area contributed by atoms with E-state index in [-0.39, 0.29) is 11.1 Å². The number of carboxylic acids is 2. The van der Waals surface area contributed by atoms with E-state index >= 15 is 0 Å². The van der Waals surface area contributed by atoms with Gasteiger partial charge in [-0.3, -0.25) is 0 Å². The van der Waals surface area contributed by atoms with Crippen LogP contribution in [0.3, 0.4) is 0 Å². The predicted octanol–water partition coefficient (Wildman–Crippen LogP) is 0.134. The molecule has 0 atom stereocenters. The average Bonchev–Trinajstić information content (AvgIpc) is 2.45. The molecule has 0 saturated carbocycles. The van der Waals surface area contributed by atoms with Gasteiger partial charge in [-0.25, -0.2) is 28.8 Å². The summed E-state index contributed by atoms with van der Waals surface area (Å²) in [5, 5.41) is 16.9. The third-order valence-corrected chi connectivity index (χ3v) is 2.36. The minimum atomic E-state index is -1.42. The van der Waals surface area contributed by atoms with Crippen molar-refractivity contribution in [1.82, 2.24) is 0 Å². The molecule has 0 unspecified atom stereocenters. The first-order valence-corrected chi connectivity index (χ1v) is 6.47. The van der Waals surface area contributed by atoms with Gasteiger partial charge in [-0.15, -0.1) is 0 Å². The van der Waals surface area contributed by atoms with Gasteiger partial charge in [-0.2, -0.15) is 0 Å². The van der Waals surface area contributed by atoms with Crippen LogP contribution in [-0.4, -0.2) is 46.0 Å². The van der Waals surface area contributed by atoms with Crippen LogP contribution in [0.4, 0.5) is 0 Å². The molecule has 0 spiro atoms. The van der Waals surface area contributed by atoms with E-state index in [9.17, 15) is 28.8 Å². The molecule has 0 aliphatic rings. The highest BCUT2D eigenvalue weighted by Gasteiger charge is 2.18. The van der Waals surface area contributed by atoms with Crippen molar-refractivity contribution in [2.45, 2.75) is 20.8 Å². The number of hydrogen-bond acceptors (Lipinski definition) is 8. The van der Waals surface area contributed by atoms with Crippen LogP contribution < -0.4 is 0 Å². The van der Waals surface area contributed by atoms with Gasteiger partial charge in [0.15, 0.2) is 0 Å². The standard InChI is InChI=1S/C15H14O10/c1-7(4-10(16)17)13(21)24-12(20)6-9(3)15(23)25-14(22)8(2)5-11(18)19/h4-6H,1-3H3,(H,16,17)(H,18,19)/b7-4+,8-5+,9-6-. The highest BCUT2D eigenvalue weighted by molar-refractivity contribution is 6.07. The molecule has 0 aromatic carbocycles. The zero-order chi connectivity index (χ0) is 19.7. The zero-order valence-electron chi connectivity index (χ0n) is 13.4. The third-order valence-electron chi connectivity index (χ3n) is 2.36. The molecule has 2 N–H and O–H groups in total. The smallest absolute Gasteiger partial charge is 0.341 e. The largest absolute Gasteiger partial charge is 0.478 e. The fourth-order valence-corrected chi connectivity index (χ4v) is 1.17. The van der Waals surface area contributed by atoms with Crippen LogP contribution in [0.2, 0.25) is 0 Å². The minimum absolute atomic E-state index is 0.360. The summed E-state index contributed by atoms with van der Waals surface area (Å²) in [6, 6.07) is 0. The highest BCUT2D eigenvalue weighted by Crippen LogP contribution is 2.04. The number of ether oxygens (including phenoxy) is 2. The molecule has 0 fully saturated rings. The second kappa shape index (κ2) is 9.55. The van der Waals surface area contributed by atoms with Crippen molar-refractivity contribution in [2.24, 2.45) is 0 Å². The Kier molecular flexibility index (Phi) is 8.19. The summed E-state index contributed by atoms with van der Waals surface area (Å²) in [6.45, 7) is 3.29. The van der Waals surface area contributed by atoms with Gasteiger partial charge >= 0.3 is 35.8 Å². The number of carbonyl (C=O) groups is 6. The first kappa shape index (κ1) is 21.4.